The van der Waals surface area contributed by atoms with Crippen LogP contribution in [0.1, 0.15) is 17.0 Å². The molecule has 23 heavy (non-hydrogen) atoms. The molecule has 0 N–H and O–H groups in total. The fraction of sp³-hybridized carbons (Fsp3) is 0.125. The Balaban J connectivity index is 1.93. The minimum absolute atomic E-state index is 0.0929. The van der Waals surface area contributed by atoms with Crippen LogP contribution in [-0.2, 0) is 13.0 Å². The number of aromatic nitrogens is 2. The molecular weight excluding hydrogens is 326 g/mol. The first-order chi connectivity index (χ1) is 11.0. The van der Waals surface area contributed by atoms with Crippen molar-refractivity contribution in [3.63, 3.8) is 0 Å². The highest BCUT2D eigenvalue weighted by atomic mass is 35.5. The van der Waals surface area contributed by atoms with Gasteiger partial charge in [-0.25, -0.2) is 13.6 Å². The number of rotatable bonds is 4. The molecule has 4 nitrogen and oxygen atoms in total. The normalized spacial score (nSPS) is 10.9. The maximum absolute atomic E-state index is 13.9. The van der Waals surface area contributed by atoms with Crippen LogP contribution in [-0.4, -0.2) is 9.72 Å². The van der Waals surface area contributed by atoms with Crippen LogP contribution >= 0.6 is 11.6 Å². The highest BCUT2D eigenvalue weighted by Gasteiger charge is 2.15. The van der Waals surface area contributed by atoms with Gasteiger partial charge in [-0.2, -0.15) is 0 Å². The minimum Gasteiger partial charge on any atom is -0.296 e. The van der Waals surface area contributed by atoms with E-state index < -0.39 is 11.6 Å². The van der Waals surface area contributed by atoms with Crippen LogP contribution in [0.15, 0.2) is 51.8 Å². The monoisotopic (exact) mass is 336 g/mol. The molecule has 1 heterocycles. The van der Waals surface area contributed by atoms with Gasteiger partial charge in [0.05, 0.1) is 6.54 Å². The smallest absolute Gasteiger partial charge is 0.296 e. The molecule has 1 aromatic heterocycles. The molecule has 0 radical (unpaired) electrons. The Kier molecular flexibility index (Phi) is 4.25. The second kappa shape index (κ2) is 6.34. The molecule has 0 saturated carbocycles. The van der Waals surface area contributed by atoms with Crippen molar-refractivity contribution in [3.8, 4) is 0 Å². The Hall–Kier alpha value is -2.47. The number of hydrogen-bond donors (Lipinski definition) is 0. The number of benzene rings is 2. The van der Waals surface area contributed by atoms with Crippen LogP contribution in [0, 0.1) is 11.6 Å². The number of nitrogens with zero attached hydrogens (tertiary/aromatic N) is 2. The first-order valence-corrected chi connectivity index (χ1v) is 7.15. The molecule has 2 aromatic carbocycles. The zero-order valence-corrected chi connectivity index (χ0v) is 12.6. The van der Waals surface area contributed by atoms with E-state index in [-0.39, 0.29) is 29.4 Å². The molecule has 0 atom stereocenters. The highest BCUT2D eigenvalue weighted by molar-refractivity contribution is 6.31. The molecule has 0 amide bonds. The van der Waals surface area contributed by atoms with E-state index in [1.54, 1.807) is 12.1 Å². The van der Waals surface area contributed by atoms with Crippen LogP contribution < -0.4 is 5.76 Å². The predicted molar refractivity (Wildman–Crippen MR) is 80.5 cm³/mol. The summed E-state index contributed by atoms with van der Waals surface area (Å²) < 4.78 is 32.7. The van der Waals surface area contributed by atoms with Gasteiger partial charge in [0, 0.05) is 17.0 Å². The lowest BCUT2D eigenvalue weighted by Gasteiger charge is -2.08. The molecule has 3 aromatic rings. The summed E-state index contributed by atoms with van der Waals surface area (Å²) in [6, 6.07) is 10.1. The first-order valence-electron chi connectivity index (χ1n) is 6.77. The summed E-state index contributed by atoms with van der Waals surface area (Å²) in [6.07, 6.45) is 0.248. The molecule has 7 heteroatoms. The Labute approximate surface area is 134 Å². The number of hydrogen-bond acceptors (Lipinski definition) is 3. The lowest BCUT2D eigenvalue weighted by molar-refractivity contribution is 0.375. The molecule has 3 rings (SSSR count). The third kappa shape index (κ3) is 3.32. The third-order valence-electron chi connectivity index (χ3n) is 3.41. The topological polar surface area (TPSA) is 48.0 Å². The van der Waals surface area contributed by atoms with E-state index in [2.05, 4.69) is 9.68 Å². The molecule has 118 valence electrons. The average Bonchev–Trinajstić information content (AvgIpc) is 2.86. The maximum Gasteiger partial charge on any atom is 0.441 e. The summed E-state index contributed by atoms with van der Waals surface area (Å²) in [4.78, 5) is 11.8. The second-order valence-electron chi connectivity index (χ2n) is 4.95. The summed E-state index contributed by atoms with van der Waals surface area (Å²) in [5.41, 5.74) is 0.924. The van der Waals surface area contributed by atoms with Crippen molar-refractivity contribution >= 4 is 11.6 Å². The fourth-order valence-corrected chi connectivity index (χ4v) is 2.43. The maximum atomic E-state index is 13.9. The summed E-state index contributed by atoms with van der Waals surface area (Å²) in [6.45, 7) is -0.0929. The molecule has 0 bridgehead atoms. The van der Waals surface area contributed by atoms with Gasteiger partial charge < -0.3 is 0 Å². The van der Waals surface area contributed by atoms with E-state index in [0.717, 1.165) is 5.56 Å². The van der Waals surface area contributed by atoms with E-state index in [9.17, 15) is 13.6 Å². The lowest BCUT2D eigenvalue weighted by atomic mass is 10.1. The minimum atomic E-state index is -0.707. The van der Waals surface area contributed by atoms with Gasteiger partial charge in [-0.3, -0.25) is 9.09 Å². The van der Waals surface area contributed by atoms with Crippen molar-refractivity contribution in [1.29, 1.82) is 0 Å². The van der Waals surface area contributed by atoms with Gasteiger partial charge in [0.25, 0.3) is 0 Å². The fourth-order valence-electron chi connectivity index (χ4n) is 2.21. The van der Waals surface area contributed by atoms with Gasteiger partial charge in [-0.15, -0.1) is 0 Å². The second-order valence-corrected chi connectivity index (χ2v) is 5.36. The molecule has 0 spiro atoms. The first kappa shape index (κ1) is 15.4. The molecule has 0 saturated heterocycles. The highest BCUT2D eigenvalue weighted by Crippen LogP contribution is 2.20. The Morgan fingerprint density at radius 3 is 2.57 bits per heavy atom. The molecule has 0 unspecified atom stereocenters. The van der Waals surface area contributed by atoms with Gasteiger partial charge in [0.15, 0.2) is 5.82 Å². The summed E-state index contributed by atoms with van der Waals surface area (Å²) in [5, 5.41) is 3.92. The zero-order valence-electron chi connectivity index (χ0n) is 11.8. The van der Waals surface area contributed by atoms with E-state index >= 15 is 0 Å². The van der Waals surface area contributed by atoms with Crippen LogP contribution in [0.4, 0.5) is 8.78 Å². The average molecular weight is 337 g/mol. The van der Waals surface area contributed by atoms with Crippen molar-refractivity contribution in [3.05, 3.63) is 86.6 Å². The number of halogens is 3. The largest absolute Gasteiger partial charge is 0.441 e. The van der Waals surface area contributed by atoms with Crippen LogP contribution in [0.3, 0.4) is 0 Å². The van der Waals surface area contributed by atoms with Gasteiger partial charge in [0.2, 0.25) is 0 Å². The Morgan fingerprint density at radius 2 is 1.87 bits per heavy atom. The summed E-state index contributed by atoms with van der Waals surface area (Å²) >= 11 is 5.98. The van der Waals surface area contributed by atoms with Crippen LogP contribution in [0.2, 0.25) is 5.02 Å². The van der Waals surface area contributed by atoms with E-state index in [4.69, 9.17) is 11.6 Å². The van der Waals surface area contributed by atoms with Gasteiger partial charge in [0.1, 0.15) is 11.6 Å². The van der Waals surface area contributed by atoms with Crippen molar-refractivity contribution in [1.82, 2.24) is 9.72 Å². The van der Waals surface area contributed by atoms with Crippen LogP contribution in [0.25, 0.3) is 0 Å². The molecule has 0 aliphatic rings. The molecule has 0 aliphatic heterocycles. The molecular formula is C16H11ClF2N2O2. The molecule has 0 fully saturated rings. The standard InChI is InChI=1S/C16H11ClF2N2O2/c17-13-2-1-3-14(19)12(13)9-21-15(20-23-16(21)22)8-10-4-6-11(18)7-5-10/h1-7H,8-9H2. The van der Waals surface area contributed by atoms with E-state index in [0.29, 0.717) is 5.82 Å². The van der Waals surface area contributed by atoms with Crippen molar-refractivity contribution in [2.45, 2.75) is 13.0 Å². The van der Waals surface area contributed by atoms with Crippen molar-refractivity contribution in [2.24, 2.45) is 0 Å². The van der Waals surface area contributed by atoms with Gasteiger partial charge >= 0.3 is 5.76 Å². The molecule has 0 aliphatic carbocycles. The predicted octanol–water partition coefficient (Wildman–Crippen LogP) is 3.41. The van der Waals surface area contributed by atoms with E-state index in [1.165, 1.54) is 34.9 Å². The van der Waals surface area contributed by atoms with E-state index in [1.807, 2.05) is 0 Å². The third-order valence-corrected chi connectivity index (χ3v) is 3.77. The van der Waals surface area contributed by atoms with Gasteiger partial charge in [-0.05, 0) is 29.8 Å². The quantitative estimate of drug-likeness (QED) is 0.733. The Morgan fingerprint density at radius 1 is 1.13 bits per heavy atom. The van der Waals surface area contributed by atoms with Crippen molar-refractivity contribution in [2.75, 3.05) is 0 Å². The lowest BCUT2D eigenvalue weighted by Crippen LogP contribution is -2.19. The zero-order chi connectivity index (χ0) is 16.4. The summed E-state index contributed by atoms with van der Waals surface area (Å²) in [7, 11) is 0. The van der Waals surface area contributed by atoms with Gasteiger partial charge in [-0.1, -0.05) is 35.0 Å². The van der Waals surface area contributed by atoms with Crippen LogP contribution in [0.5, 0.6) is 0 Å². The Bertz CT molecular complexity index is 868. The SMILES string of the molecule is O=c1onc(Cc2ccc(F)cc2)n1Cc1c(F)cccc1Cl. The summed E-state index contributed by atoms with van der Waals surface area (Å²) in [5.74, 6) is -1.27. The van der Waals surface area contributed by atoms with Crippen molar-refractivity contribution < 1.29 is 13.3 Å².